The van der Waals surface area contributed by atoms with E-state index in [2.05, 4.69) is 10.5 Å². The second-order valence-corrected chi connectivity index (χ2v) is 5.57. The van der Waals surface area contributed by atoms with E-state index in [1.165, 1.54) is 11.3 Å². The van der Waals surface area contributed by atoms with Gasteiger partial charge in [0.25, 0.3) is 5.91 Å². The van der Waals surface area contributed by atoms with Gasteiger partial charge in [-0.15, -0.1) is 11.3 Å². The molecule has 20 heavy (non-hydrogen) atoms. The minimum absolute atomic E-state index is 0.0290. The normalized spacial score (nSPS) is 13.3. The first-order chi connectivity index (χ1) is 9.65. The molecule has 0 aliphatic carbocycles. The first-order valence-electron chi connectivity index (χ1n) is 6.42. The van der Waals surface area contributed by atoms with Gasteiger partial charge in [0, 0.05) is 4.70 Å². The summed E-state index contributed by atoms with van der Waals surface area (Å²) in [4.78, 5) is 12.9. The van der Waals surface area contributed by atoms with E-state index in [4.69, 9.17) is 10.9 Å². The van der Waals surface area contributed by atoms with Gasteiger partial charge in [0.1, 0.15) is 0 Å². The molecule has 1 aromatic carbocycles. The van der Waals surface area contributed by atoms with Crippen molar-refractivity contribution in [2.75, 3.05) is 0 Å². The molecule has 2 aromatic rings. The SMILES string of the molecule is CCCC(NC(=O)c1cc2ccccc2s1)C(N)=NO. The highest BCUT2D eigenvalue weighted by molar-refractivity contribution is 7.20. The van der Waals surface area contributed by atoms with Crippen LogP contribution in [0.15, 0.2) is 35.5 Å². The van der Waals surface area contributed by atoms with Gasteiger partial charge < -0.3 is 16.3 Å². The summed E-state index contributed by atoms with van der Waals surface area (Å²) in [7, 11) is 0. The second-order valence-electron chi connectivity index (χ2n) is 4.49. The molecule has 1 atom stereocenters. The lowest BCUT2D eigenvalue weighted by Crippen LogP contribution is -2.44. The van der Waals surface area contributed by atoms with Crippen LogP contribution in [0.1, 0.15) is 29.4 Å². The number of oxime groups is 1. The largest absolute Gasteiger partial charge is 0.409 e. The van der Waals surface area contributed by atoms with Crippen molar-refractivity contribution in [3.63, 3.8) is 0 Å². The van der Waals surface area contributed by atoms with E-state index in [0.717, 1.165) is 16.5 Å². The highest BCUT2D eigenvalue weighted by Gasteiger charge is 2.18. The lowest BCUT2D eigenvalue weighted by atomic mass is 10.1. The van der Waals surface area contributed by atoms with Gasteiger partial charge in [-0.05, 0) is 23.9 Å². The molecule has 0 saturated heterocycles. The van der Waals surface area contributed by atoms with Gasteiger partial charge in [-0.2, -0.15) is 0 Å². The zero-order valence-electron chi connectivity index (χ0n) is 11.2. The van der Waals surface area contributed by atoms with Crippen molar-refractivity contribution >= 4 is 33.2 Å². The van der Waals surface area contributed by atoms with Crippen LogP contribution in [0, 0.1) is 0 Å². The number of hydrogen-bond donors (Lipinski definition) is 3. The highest BCUT2D eigenvalue weighted by atomic mass is 32.1. The van der Waals surface area contributed by atoms with E-state index in [0.29, 0.717) is 11.3 Å². The quantitative estimate of drug-likeness (QED) is 0.342. The maximum Gasteiger partial charge on any atom is 0.261 e. The van der Waals surface area contributed by atoms with Gasteiger partial charge >= 0.3 is 0 Å². The average molecular weight is 291 g/mol. The fourth-order valence-corrected chi connectivity index (χ4v) is 2.94. The number of rotatable bonds is 5. The molecule has 0 aliphatic rings. The number of nitrogens with two attached hydrogens (primary N) is 1. The molecule has 1 amide bonds. The Hall–Kier alpha value is -2.08. The number of benzene rings is 1. The van der Waals surface area contributed by atoms with Gasteiger partial charge in [0.2, 0.25) is 0 Å². The molecule has 0 radical (unpaired) electrons. The Kier molecular flexibility index (Phi) is 4.57. The topological polar surface area (TPSA) is 87.7 Å². The zero-order chi connectivity index (χ0) is 14.5. The molecular weight excluding hydrogens is 274 g/mol. The number of amides is 1. The number of hydrogen-bond acceptors (Lipinski definition) is 4. The molecular formula is C14H17N3O2S. The second kappa shape index (κ2) is 6.38. The van der Waals surface area contributed by atoms with Crippen LogP contribution in [0.2, 0.25) is 0 Å². The standard InChI is InChI=1S/C14H17N3O2S/c1-2-5-10(13(15)17-19)16-14(18)12-8-9-6-3-4-7-11(9)20-12/h3-4,6-8,10,19H,2,5H2,1H3,(H2,15,17)(H,16,18). The van der Waals surface area contributed by atoms with Crippen molar-refractivity contribution in [2.45, 2.75) is 25.8 Å². The van der Waals surface area contributed by atoms with Gasteiger partial charge in [-0.1, -0.05) is 36.7 Å². The Balaban J connectivity index is 2.17. The van der Waals surface area contributed by atoms with Crippen molar-refractivity contribution in [3.8, 4) is 0 Å². The minimum Gasteiger partial charge on any atom is -0.409 e. The predicted octanol–water partition coefficient (Wildman–Crippen LogP) is 2.55. The Morgan fingerprint density at radius 1 is 1.50 bits per heavy atom. The maximum atomic E-state index is 12.2. The van der Waals surface area contributed by atoms with Crippen LogP contribution in [0.3, 0.4) is 0 Å². The predicted molar refractivity (Wildman–Crippen MR) is 81.4 cm³/mol. The van der Waals surface area contributed by atoms with Crippen LogP contribution in [0.25, 0.3) is 10.1 Å². The van der Waals surface area contributed by atoms with Crippen LogP contribution >= 0.6 is 11.3 Å². The van der Waals surface area contributed by atoms with Gasteiger partial charge in [-0.3, -0.25) is 4.79 Å². The first kappa shape index (κ1) is 14.3. The summed E-state index contributed by atoms with van der Waals surface area (Å²) in [6.45, 7) is 1.98. The number of nitrogens with one attached hydrogen (secondary N) is 1. The van der Waals surface area contributed by atoms with Crippen LogP contribution < -0.4 is 11.1 Å². The van der Waals surface area contributed by atoms with Crippen molar-refractivity contribution in [2.24, 2.45) is 10.9 Å². The molecule has 6 heteroatoms. The summed E-state index contributed by atoms with van der Waals surface area (Å²) >= 11 is 1.43. The lowest BCUT2D eigenvalue weighted by molar-refractivity contribution is 0.0949. The molecule has 106 valence electrons. The molecule has 4 N–H and O–H groups in total. The van der Waals surface area contributed by atoms with Crippen molar-refractivity contribution in [1.29, 1.82) is 0 Å². The number of amidine groups is 1. The monoisotopic (exact) mass is 291 g/mol. The first-order valence-corrected chi connectivity index (χ1v) is 7.24. The van der Waals surface area contributed by atoms with E-state index < -0.39 is 6.04 Å². The van der Waals surface area contributed by atoms with E-state index in [-0.39, 0.29) is 11.7 Å². The number of fused-ring (bicyclic) bond motifs is 1. The van der Waals surface area contributed by atoms with Crippen LogP contribution in [0.5, 0.6) is 0 Å². The number of nitrogens with zero attached hydrogens (tertiary/aromatic N) is 1. The van der Waals surface area contributed by atoms with Crippen LogP contribution in [0.4, 0.5) is 0 Å². The van der Waals surface area contributed by atoms with Gasteiger partial charge in [0.05, 0.1) is 10.9 Å². The number of carbonyl (C=O) groups is 1. The summed E-state index contributed by atoms with van der Waals surface area (Å²) in [5.41, 5.74) is 5.59. The Morgan fingerprint density at radius 2 is 2.25 bits per heavy atom. The smallest absolute Gasteiger partial charge is 0.261 e. The van der Waals surface area contributed by atoms with E-state index >= 15 is 0 Å². The minimum atomic E-state index is -0.442. The molecule has 0 fully saturated rings. The van der Waals surface area contributed by atoms with Crippen LogP contribution in [-0.2, 0) is 0 Å². The maximum absolute atomic E-state index is 12.2. The van der Waals surface area contributed by atoms with Gasteiger partial charge in [-0.25, -0.2) is 0 Å². The van der Waals surface area contributed by atoms with Crippen molar-refractivity contribution in [1.82, 2.24) is 5.32 Å². The Bertz CT molecular complexity index is 603. The van der Waals surface area contributed by atoms with E-state index in [1.807, 2.05) is 37.3 Å². The third-order valence-corrected chi connectivity index (χ3v) is 4.12. The average Bonchev–Trinajstić information content (AvgIpc) is 2.90. The van der Waals surface area contributed by atoms with Crippen molar-refractivity contribution < 1.29 is 10.0 Å². The zero-order valence-corrected chi connectivity index (χ0v) is 12.0. The molecule has 5 nitrogen and oxygen atoms in total. The molecule has 0 saturated carbocycles. The molecule has 0 bridgehead atoms. The number of thiophene rings is 1. The molecule has 2 rings (SSSR count). The molecule has 0 spiro atoms. The van der Waals surface area contributed by atoms with Crippen molar-refractivity contribution in [3.05, 3.63) is 35.2 Å². The Morgan fingerprint density at radius 3 is 2.90 bits per heavy atom. The third kappa shape index (κ3) is 3.08. The lowest BCUT2D eigenvalue weighted by Gasteiger charge is -2.15. The highest BCUT2D eigenvalue weighted by Crippen LogP contribution is 2.25. The molecule has 1 aromatic heterocycles. The van der Waals surface area contributed by atoms with E-state index in [9.17, 15) is 4.79 Å². The fourth-order valence-electron chi connectivity index (χ4n) is 1.98. The summed E-state index contributed by atoms with van der Waals surface area (Å²) in [6.07, 6.45) is 1.46. The summed E-state index contributed by atoms with van der Waals surface area (Å²) in [6, 6.07) is 9.23. The summed E-state index contributed by atoms with van der Waals surface area (Å²) < 4.78 is 1.06. The van der Waals surface area contributed by atoms with Gasteiger partial charge in [0.15, 0.2) is 5.84 Å². The van der Waals surface area contributed by atoms with E-state index in [1.54, 1.807) is 0 Å². The summed E-state index contributed by atoms with van der Waals surface area (Å²) in [5.74, 6) is -0.169. The molecule has 1 unspecified atom stereocenters. The summed E-state index contributed by atoms with van der Waals surface area (Å²) in [5, 5.41) is 15.6. The number of carbonyl (C=O) groups excluding carboxylic acids is 1. The fraction of sp³-hybridized carbons (Fsp3) is 0.286. The third-order valence-electron chi connectivity index (χ3n) is 3.00. The Labute approximate surface area is 121 Å². The molecule has 0 aliphatic heterocycles. The van der Waals surface area contributed by atoms with Crippen LogP contribution in [-0.4, -0.2) is 23.0 Å². The molecule has 1 heterocycles.